The Bertz CT molecular complexity index is 420. The monoisotopic (exact) mass is 286 g/mol. The van der Waals surface area contributed by atoms with Gasteiger partial charge in [-0.3, -0.25) is 4.79 Å². The number of hydrogen-bond donors (Lipinski definition) is 1. The molecular formula is C12H22N4O2S. The fraction of sp³-hybridized carbons (Fsp3) is 0.750. The summed E-state index contributed by atoms with van der Waals surface area (Å²) in [6, 6.07) is -0.113. The molecule has 0 saturated carbocycles. The zero-order chi connectivity index (χ0) is 14.4. The van der Waals surface area contributed by atoms with Gasteiger partial charge < -0.3 is 14.6 Å². The molecule has 0 saturated heterocycles. The van der Waals surface area contributed by atoms with Crippen LogP contribution in [0.15, 0.2) is 5.16 Å². The highest BCUT2D eigenvalue weighted by Gasteiger charge is 2.21. The molecule has 0 spiro atoms. The van der Waals surface area contributed by atoms with Crippen molar-refractivity contribution in [1.29, 1.82) is 0 Å². The van der Waals surface area contributed by atoms with Gasteiger partial charge in [0.25, 0.3) is 0 Å². The predicted molar refractivity (Wildman–Crippen MR) is 75.2 cm³/mol. The second-order valence-electron chi connectivity index (χ2n) is 4.53. The van der Waals surface area contributed by atoms with Crippen molar-refractivity contribution in [2.45, 2.75) is 44.9 Å². The molecule has 1 aromatic heterocycles. The summed E-state index contributed by atoms with van der Waals surface area (Å²) in [6.07, 6.45) is 0. The molecule has 0 aliphatic carbocycles. The highest BCUT2D eigenvalue weighted by Crippen LogP contribution is 2.17. The number of aromatic nitrogens is 3. The topological polar surface area (TPSA) is 69.0 Å². The molecule has 108 valence electrons. The number of thioether (sulfide) groups is 1. The first-order valence-corrected chi connectivity index (χ1v) is 7.35. The van der Waals surface area contributed by atoms with Crippen molar-refractivity contribution in [2.24, 2.45) is 7.05 Å². The Morgan fingerprint density at radius 2 is 2.16 bits per heavy atom. The van der Waals surface area contributed by atoms with Crippen molar-refractivity contribution in [3.63, 3.8) is 0 Å². The summed E-state index contributed by atoms with van der Waals surface area (Å²) in [5.74, 6) is 1.21. The molecule has 1 aromatic rings. The standard InChI is InChI=1S/C12H22N4O2S/c1-6-18-11(17)10(13-8(2)3)7-19-12-15-14-9(4)16(12)5/h8,10,13H,6-7H2,1-5H3. The maximum Gasteiger partial charge on any atom is 0.324 e. The fourth-order valence-electron chi connectivity index (χ4n) is 1.50. The van der Waals surface area contributed by atoms with E-state index in [1.54, 1.807) is 0 Å². The van der Waals surface area contributed by atoms with Gasteiger partial charge in [-0.2, -0.15) is 0 Å². The number of rotatable bonds is 7. The zero-order valence-electron chi connectivity index (χ0n) is 12.1. The Kier molecular flexibility index (Phi) is 6.30. The van der Waals surface area contributed by atoms with E-state index >= 15 is 0 Å². The van der Waals surface area contributed by atoms with Gasteiger partial charge >= 0.3 is 5.97 Å². The van der Waals surface area contributed by atoms with Crippen LogP contribution in [0.5, 0.6) is 0 Å². The molecule has 0 amide bonds. The molecule has 1 atom stereocenters. The number of carbonyl (C=O) groups is 1. The SMILES string of the molecule is CCOC(=O)C(CSc1nnc(C)n1C)NC(C)C. The maximum atomic E-state index is 11.8. The van der Waals surface area contributed by atoms with Gasteiger partial charge in [0.1, 0.15) is 11.9 Å². The zero-order valence-corrected chi connectivity index (χ0v) is 13.0. The summed E-state index contributed by atoms with van der Waals surface area (Å²) in [5.41, 5.74) is 0. The summed E-state index contributed by atoms with van der Waals surface area (Å²) >= 11 is 1.50. The average Bonchev–Trinajstić information content (AvgIpc) is 2.65. The number of aryl methyl sites for hydroxylation is 1. The summed E-state index contributed by atoms with van der Waals surface area (Å²) in [5, 5.41) is 12.1. The Morgan fingerprint density at radius 1 is 1.47 bits per heavy atom. The molecule has 0 aliphatic rings. The smallest absolute Gasteiger partial charge is 0.324 e. The van der Waals surface area contributed by atoms with E-state index in [9.17, 15) is 4.79 Å². The first kappa shape index (κ1) is 16.0. The first-order valence-electron chi connectivity index (χ1n) is 6.37. The number of nitrogens with one attached hydrogen (secondary N) is 1. The molecule has 0 fully saturated rings. The van der Waals surface area contributed by atoms with Gasteiger partial charge in [0, 0.05) is 18.8 Å². The van der Waals surface area contributed by atoms with E-state index in [1.165, 1.54) is 11.8 Å². The van der Waals surface area contributed by atoms with Gasteiger partial charge in [-0.1, -0.05) is 25.6 Å². The van der Waals surface area contributed by atoms with Crippen LogP contribution in [0.1, 0.15) is 26.6 Å². The molecular weight excluding hydrogens is 264 g/mol. The van der Waals surface area contributed by atoms with Crippen LogP contribution in [-0.2, 0) is 16.6 Å². The number of nitrogens with zero attached hydrogens (tertiary/aromatic N) is 3. The molecule has 0 radical (unpaired) electrons. The minimum atomic E-state index is -0.332. The predicted octanol–water partition coefficient (Wildman–Crippen LogP) is 1.15. The van der Waals surface area contributed by atoms with Crippen LogP contribution < -0.4 is 5.32 Å². The van der Waals surface area contributed by atoms with Crippen LogP contribution >= 0.6 is 11.8 Å². The van der Waals surface area contributed by atoms with Crippen molar-refractivity contribution in [2.75, 3.05) is 12.4 Å². The number of hydrogen-bond acceptors (Lipinski definition) is 6. The Hall–Kier alpha value is -1.08. The van der Waals surface area contributed by atoms with Crippen LogP contribution in [0.3, 0.4) is 0 Å². The van der Waals surface area contributed by atoms with Crippen LogP contribution in [-0.4, -0.2) is 45.2 Å². The molecule has 1 rings (SSSR count). The van der Waals surface area contributed by atoms with Gasteiger partial charge in [-0.05, 0) is 13.8 Å². The number of esters is 1. The van der Waals surface area contributed by atoms with Crippen LogP contribution in [0.25, 0.3) is 0 Å². The molecule has 1 heterocycles. The van der Waals surface area contributed by atoms with Gasteiger partial charge in [0.15, 0.2) is 5.16 Å². The highest BCUT2D eigenvalue weighted by molar-refractivity contribution is 7.99. The van der Waals surface area contributed by atoms with E-state index in [0.717, 1.165) is 11.0 Å². The van der Waals surface area contributed by atoms with E-state index in [2.05, 4.69) is 15.5 Å². The second-order valence-corrected chi connectivity index (χ2v) is 5.51. The van der Waals surface area contributed by atoms with Crippen LogP contribution in [0.4, 0.5) is 0 Å². The van der Waals surface area contributed by atoms with Gasteiger partial charge in [0.05, 0.1) is 6.61 Å². The molecule has 1 unspecified atom stereocenters. The summed E-state index contributed by atoms with van der Waals surface area (Å²) in [7, 11) is 1.91. The molecule has 19 heavy (non-hydrogen) atoms. The van der Waals surface area contributed by atoms with Gasteiger partial charge in [0.2, 0.25) is 0 Å². The highest BCUT2D eigenvalue weighted by atomic mass is 32.2. The molecule has 1 N–H and O–H groups in total. The second kappa shape index (κ2) is 7.49. The van der Waals surface area contributed by atoms with Crippen molar-refractivity contribution >= 4 is 17.7 Å². The van der Waals surface area contributed by atoms with E-state index in [-0.39, 0.29) is 18.1 Å². The lowest BCUT2D eigenvalue weighted by Crippen LogP contribution is -2.43. The number of carbonyl (C=O) groups excluding carboxylic acids is 1. The van der Waals surface area contributed by atoms with E-state index in [1.807, 2.05) is 39.3 Å². The third-order valence-corrected chi connectivity index (χ3v) is 3.65. The van der Waals surface area contributed by atoms with Gasteiger partial charge in [-0.15, -0.1) is 10.2 Å². The fourth-order valence-corrected chi connectivity index (χ4v) is 2.47. The van der Waals surface area contributed by atoms with Gasteiger partial charge in [-0.25, -0.2) is 0 Å². The van der Waals surface area contributed by atoms with Crippen molar-refractivity contribution in [3.05, 3.63) is 5.82 Å². The molecule has 0 aromatic carbocycles. The Balaban J connectivity index is 2.62. The quantitative estimate of drug-likeness (QED) is 0.599. The minimum absolute atomic E-state index is 0.219. The third kappa shape index (κ3) is 4.83. The minimum Gasteiger partial charge on any atom is -0.465 e. The lowest BCUT2D eigenvalue weighted by Gasteiger charge is -2.19. The van der Waals surface area contributed by atoms with Crippen molar-refractivity contribution in [1.82, 2.24) is 20.1 Å². The van der Waals surface area contributed by atoms with Crippen LogP contribution in [0.2, 0.25) is 0 Å². The Morgan fingerprint density at radius 3 is 2.63 bits per heavy atom. The summed E-state index contributed by atoms with van der Waals surface area (Å²) in [6.45, 7) is 8.10. The number of ether oxygens (including phenoxy) is 1. The van der Waals surface area contributed by atoms with Crippen molar-refractivity contribution in [3.8, 4) is 0 Å². The average molecular weight is 286 g/mol. The maximum absolute atomic E-state index is 11.8. The normalized spacial score (nSPS) is 12.7. The lowest BCUT2D eigenvalue weighted by atomic mass is 10.3. The summed E-state index contributed by atoms with van der Waals surface area (Å²) < 4.78 is 6.98. The molecule has 0 aliphatic heterocycles. The van der Waals surface area contributed by atoms with E-state index in [4.69, 9.17) is 4.74 Å². The lowest BCUT2D eigenvalue weighted by molar-refractivity contribution is -0.145. The van der Waals surface area contributed by atoms with E-state index < -0.39 is 0 Å². The largest absolute Gasteiger partial charge is 0.465 e. The molecule has 6 nitrogen and oxygen atoms in total. The van der Waals surface area contributed by atoms with Crippen LogP contribution in [0, 0.1) is 6.92 Å². The molecule has 7 heteroatoms. The molecule has 0 bridgehead atoms. The summed E-state index contributed by atoms with van der Waals surface area (Å²) in [4.78, 5) is 11.8. The van der Waals surface area contributed by atoms with Crippen molar-refractivity contribution < 1.29 is 9.53 Å². The van der Waals surface area contributed by atoms with E-state index in [0.29, 0.717) is 12.4 Å². The third-order valence-electron chi connectivity index (χ3n) is 2.54. The Labute approximate surface area is 118 Å². The first-order chi connectivity index (χ1) is 8.95.